The lowest BCUT2D eigenvalue weighted by Gasteiger charge is -2.34. The van der Waals surface area contributed by atoms with Crippen LogP contribution in [0.2, 0.25) is 0 Å². The Morgan fingerprint density at radius 1 is 0.600 bits per heavy atom. The lowest BCUT2D eigenvalue weighted by Crippen LogP contribution is -2.40. The fourth-order valence-corrected chi connectivity index (χ4v) is 3.03. The van der Waals surface area contributed by atoms with E-state index >= 15 is 0 Å². The van der Waals surface area contributed by atoms with E-state index in [0.717, 1.165) is 38.9 Å². The Bertz CT molecular complexity index is 197. The summed E-state index contributed by atoms with van der Waals surface area (Å²) < 4.78 is 17.7. The maximum absolute atomic E-state index is 6.17. The number of rotatable bonds is 0. The van der Waals surface area contributed by atoms with Gasteiger partial charge in [-0.05, 0) is 38.5 Å². The molecule has 3 heterocycles. The molecule has 4 atom stereocenters. The molecule has 3 nitrogen and oxygen atoms in total. The predicted octanol–water partition coefficient (Wildman–Crippen LogP) is 1.89. The summed E-state index contributed by atoms with van der Waals surface area (Å²) in [6.07, 6.45) is 8.25. The highest BCUT2D eigenvalue weighted by molar-refractivity contribution is 4.86. The van der Waals surface area contributed by atoms with Gasteiger partial charge in [-0.25, -0.2) is 0 Å². The van der Waals surface area contributed by atoms with Crippen LogP contribution < -0.4 is 0 Å². The van der Waals surface area contributed by atoms with Crippen LogP contribution in [0.15, 0.2) is 0 Å². The fourth-order valence-electron chi connectivity index (χ4n) is 3.03. The third-order valence-electron chi connectivity index (χ3n) is 3.84. The molecule has 0 aromatic heterocycles. The predicted molar refractivity (Wildman–Crippen MR) is 55.8 cm³/mol. The van der Waals surface area contributed by atoms with E-state index < -0.39 is 0 Å². The van der Waals surface area contributed by atoms with Gasteiger partial charge in [0.2, 0.25) is 0 Å². The van der Waals surface area contributed by atoms with Crippen molar-refractivity contribution in [3.63, 3.8) is 0 Å². The van der Waals surface area contributed by atoms with Gasteiger partial charge in [0, 0.05) is 13.2 Å². The Labute approximate surface area is 91.1 Å². The highest BCUT2D eigenvalue weighted by Gasteiger charge is 2.37. The van der Waals surface area contributed by atoms with Crippen molar-refractivity contribution in [3.05, 3.63) is 0 Å². The average Bonchev–Trinajstić information content (AvgIpc) is 2.48. The monoisotopic (exact) mass is 212 g/mol. The highest BCUT2D eigenvalue weighted by atomic mass is 16.6. The van der Waals surface area contributed by atoms with Gasteiger partial charge in [0.05, 0.1) is 24.4 Å². The second-order valence-electron chi connectivity index (χ2n) is 4.89. The van der Waals surface area contributed by atoms with Crippen LogP contribution in [0.1, 0.15) is 38.5 Å². The Hall–Kier alpha value is -0.120. The molecule has 0 bridgehead atoms. The summed E-state index contributed by atoms with van der Waals surface area (Å²) in [5.41, 5.74) is 0. The molecular formula is C12H20O3. The third-order valence-corrected chi connectivity index (χ3v) is 3.84. The SMILES string of the molecule is C1CO[C@@H]2CC[C@@H]3OCCC[C@H]3O[C@H]2C1. The molecule has 3 aliphatic rings. The first-order chi connectivity index (χ1) is 7.43. The summed E-state index contributed by atoms with van der Waals surface area (Å²) in [6.45, 7) is 1.83. The number of hydrogen-bond acceptors (Lipinski definition) is 3. The van der Waals surface area contributed by atoms with Gasteiger partial charge in [0.1, 0.15) is 0 Å². The lowest BCUT2D eigenvalue weighted by atomic mass is 9.99. The molecule has 3 fully saturated rings. The van der Waals surface area contributed by atoms with E-state index in [9.17, 15) is 0 Å². The zero-order valence-corrected chi connectivity index (χ0v) is 9.19. The Kier molecular flexibility index (Phi) is 2.95. The Balaban J connectivity index is 1.70. The van der Waals surface area contributed by atoms with Gasteiger partial charge < -0.3 is 14.2 Å². The van der Waals surface area contributed by atoms with Gasteiger partial charge in [-0.2, -0.15) is 0 Å². The van der Waals surface area contributed by atoms with Crippen molar-refractivity contribution < 1.29 is 14.2 Å². The first-order valence-electron chi connectivity index (χ1n) is 6.32. The van der Waals surface area contributed by atoms with Gasteiger partial charge >= 0.3 is 0 Å². The molecule has 0 spiro atoms. The fraction of sp³-hybridized carbons (Fsp3) is 1.00. The number of ether oxygens (including phenoxy) is 3. The van der Waals surface area contributed by atoms with Gasteiger partial charge in [-0.1, -0.05) is 0 Å². The summed E-state index contributed by atoms with van der Waals surface area (Å²) in [5, 5.41) is 0. The van der Waals surface area contributed by atoms with Crippen LogP contribution in [-0.4, -0.2) is 37.6 Å². The maximum Gasteiger partial charge on any atom is 0.0842 e. The largest absolute Gasteiger partial charge is 0.376 e. The molecular weight excluding hydrogens is 192 g/mol. The van der Waals surface area contributed by atoms with E-state index in [0.29, 0.717) is 24.4 Å². The summed E-state index contributed by atoms with van der Waals surface area (Å²) in [4.78, 5) is 0. The molecule has 0 aromatic rings. The van der Waals surface area contributed by atoms with E-state index in [1.54, 1.807) is 0 Å². The average molecular weight is 212 g/mol. The van der Waals surface area contributed by atoms with E-state index in [2.05, 4.69) is 0 Å². The van der Waals surface area contributed by atoms with Crippen LogP contribution in [-0.2, 0) is 14.2 Å². The van der Waals surface area contributed by atoms with Crippen LogP contribution >= 0.6 is 0 Å². The van der Waals surface area contributed by atoms with Crippen LogP contribution in [0, 0.1) is 0 Å². The van der Waals surface area contributed by atoms with Crippen LogP contribution in [0.25, 0.3) is 0 Å². The third kappa shape index (κ3) is 2.05. The minimum atomic E-state index is 0.341. The number of fused-ring (bicyclic) bond motifs is 2. The Morgan fingerprint density at radius 3 is 1.67 bits per heavy atom. The number of hydrogen-bond donors (Lipinski definition) is 0. The standard InChI is InChI=1S/C12H20O3/c1-3-11-9(13-7-1)5-6-10-12(15-11)4-2-8-14-10/h9-12H,1-8H2/t9-,10+,11+,12-. The smallest absolute Gasteiger partial charge is 0.0842 e. The van der Waals surface area contributed by atoms with Crippen LogP contribution in [0.5, 0.6) is 0 Å². The van der Waals surface area contributed by atoms with Crippen molar-refractivity contribution in [1.82, 2.24) is 0 Å². The second kappa shape index (κ2) is 4.40. The Morgan fingerprint density at radius 2 is 1.13 bits per heavy atom. The first kappa shape index (κ1) is 10.1. The minimum Gasteiger partial charge on any atom is -0.376 e. The molecule has 0 radical (unpaired) electrons. The van der Waals surface area contributed by atoms with Gasteiger partial charge in [-0.15, -0.1) is 0 Å². The summed E-state index contributed by atoms with van der Waals surface area (Å²) >= 11 is 0. The molecule has 0 aromatic carbocycles. The van der Waals surface area contributed by atoms with E-state index in [1.165, 1.54) is 12.8 Å². The van der Waals surface area contributed by atoms with Crippen LogP contribution in [0.3, 0.4) is 0 Å². The van der Waals surface area contributed by atoms with Gasteiger partial charge in [0.25, 0.3) is 0 Å². The summed E-state index contributed by atoms with van der Waals surface area (Å²) in [7, 11) is 0. The van der Waals surface area contributed by atoms with Crippen molar-refractivity contribution in [3.8, 4) is 0 Å². The molecule has 0 N–H and O–H groups in total. The highest BCUT2D eigenvalue weighted by Crippen LogP contribution is 2.32. The van der Waals surface area contributed by atoms with Crippen molar-refractivity contribution in [2.45, 2.75) is 62.9 Å². The normalized spacial score (nSPS) is 46.4. The zero-order valence-electron chi connectivity index (χ0n) is 9.19. The molecule has 0 aliphatic carbocycles. The maximum atomic E-state index is 6.17. The van der Waals surface area contributed by atoms with Crippen molar-refractivity contribution in [2.75, 3.05) is 13.2 Å². The minimum absolute atomic E-state index is 0.341. The second-order valence-corrected chi connectivity index (χ2v) is 4.89. The van der Waals surface area contributed by atoms with Crippen molar-refractivity contribution >= 4 is 0 Å². The summed E-state index contributed by atoms with van der Waals surface area (Å²) in [6, 6.07) is 0. The molecule has 3 saturated heterocycles. The van der Waals surface area contributed by atoms with Crippen molar-refractivity contribution in [1.29, 1.82) is 0 Å². The molecule has 86 valence electrons. The van der Waals surface area contributed by atoms with Gasteiger partial charge in [0.15, 0.2) is 0 Å². The molecule has 15 heavy (non-hydrogen) atoms. The van der Waals surface area contributed by atoms with E-state index in [4.69, 9.17) is 14.2 Å². The lowest BCUT2D eigenvalue weighted by molar-refractivity contribution is -0.155. The molecule has 3 rings (SSSR count). The first-order valence-corrected chi connectivity index (χ1v) is 6.32. The molecule has 0 unspecified atom stereocenters. The topological polar surface area (TPSA) is 27.7 Å². The molecule has 3 heteroatoms. The summed E-state index contributed by atoms with van der Waals surface area (Å²) in [5.74, 6) is 0. The van der Waals surface area contributed by atoms with Crippen molar-refractivity contribution in [2.24, 2.45) is 0 Å². The van der Waals surface area contributed by atoms with Crippen LogP contribution in [0.4, 0.5) is 0 Å². The quantitative estimate of drug-likeness (QED) is 0.613. The van der Waals surface area contributed by atoms with E-state index in [1.807, 2.05) is 0 Å². The molecule has 3 aliphatic heterocycles. The van der Waals surface area contributed by atoms with E-state index in [-0.39, 0.29) is 0 Å². The molecule has 0 amide bonds. The van der Waals surface area contributed by atoms with Gasteiger partial charge in [-0.3, -0.25) is 0 Å². The zero-order chi connectivity index (χ0) is 10.1. The molecule has 0 saturated carbocycles.